The lowest BCUT2D eigenvalue weighted by Gasteiger charge is -2.20. The summed E-state index contributed by atoms with van der Waals surface area (Å²) in [7, 11) is 0. The lowest BCUT2D eigenvalue weighted by molar-refractivity contribution is -0.126. The van der Waals surface area contributed by atoms with Gasteiger partial charge in [-0.15, -0.1) is 0 Å². The Morgan fingerprint density at radius 3 is 2.83 bits per heavy atom. The second kappa shape index (κ2) is 5.41. The molecular weight excluding hydrogens is 253 g/mol. The van der Waals surface area contributed by atoms with E-state index in [1.54, 1.807) is 24.0 Å². The molecule has 0 radical (unpaired) electrons. The van der Waals surface area contributed by atoms with Gasteiger partial charge < -0.3 is 4.90 Å². The third-order valence-corrected chi connectivity index (χ3v) is 3.22. The van der Waals surface area contributed by atoms with Crippen molar-refractivity contribution in [2.75, 3.05) is 0 Å². The first-order chi connectivity index (χ1) is 8.63. The van der Waals surface area contributed by atoms with Crippen LogP contribution in [0.4, 0.5) is 4.39 Å². The second-order valence-electron chi connectivity index (χ2n) is 4.24. The zero-order valence-corrected chi connectivity index (χ0v) is 10.8. The van der Waals surface area contributed by atoms with Crippen LogP contribution in [0.5, 0.6) is 0 Å². The molecule has 2 nitrogen and oxygen atoms in total. The third-order valence-electron chi connectivity index (χ3n) is 2.87. The summed E-state index contributed by atoms with van der Waals surface area (Å²) < 4.78 is 13.7. The maximum Gasteiger partial charge on any atom is 0.299 e. The number of amides is 1. The molecule has 0 N–H and O–H groups in total. The van der Waals surface area contributed by atoms with Crippen molar-refractivity contribution in [2.45, 2.75) is 32.4 Å². The molecule has 0 atom stereocenters. The molecule has 1 aromatic carbocycles. The SMILES string of the molecule is CC#CC(=O)N(Cc1c(F)cccc1Cl)C1CC1. The van der Waals surface area contributed by atoms with Crippen molar-refractivity contribution in [3.05, 3.63) is 34.6 Å². The molecule has 1 aromatic rings. The fourth-order valence-corrected chi connectivity index (χ4v) is 2.01. The number of rotatable bonds is 3. The molecule has 0 aliphatic heterocycles. The minimum absolute atomic E-state index is 0.175. The number of benzene rings is 1. The summed E-state index contributed by atoms with van der Waals surface area (Å²) in [6, 6.07) is 4.70. The van der Waals surface area contributed by atoms with E-state index in [1.165, 1.54) is 6.07 Å². The predicted molar refractivity (Wildman–Crippen MR) is 68.4 cm³/mol. The summed E-state index contributed by atoms with van der Waals surface area (Å²) in [6.45, 7) is 1.79. The van der Waals surface area contributed by atoms with Crippen LogP contribution >= 0.6 is 11.6 Å². The van der Waals surface area contributed by atoms with Crippen molar-refractivity contribution in [3.8, 4) is 11.8 Å². The van der Waals surface area contributed by atoms with Crippen LogP contribution in [-0.2, 0) is 11.3 Å². The van der Waals surface area contributed by atoms with Crippen molar-refractivity contribution in [3.63, 3.8) is 0 Å². The lowest BCUT2D eigenvalue weighted by atomic mass is 10.2. The second-order valence-corrected chi connectivity index (χ2v) is 4.65. The largest absolute Gasteiger partial charge is 0.324 e. The average Bonchev–Trinajstić information content (AvgIpc) is 3.13. The molecule has 18 heavy (non-hydrogen) atoms. The Bertz CT molecular complexity index is 508. The van der Waals surface area contributed by atoms with Crippen molar-refractivity contribution < 1.29 is 9.18 Å². The molecule has 2 rings (SSSR count). The van der Waals surface area contributed by atoms with Crippen LogP contribution in [0.1, 0.15) is 25.3 Å². The maximum absolute atomic E-state index is 13.7. The molecule has 0 saturated heterocycles. The molecule has 1 saturated carbocycles. The van der Waals surface area contributed by atoms with Gasteiger partial charge in [0.15, 0.2) is 0 Å². The molecule has 1 aliphatic carbocycles. The average molecular weight is 266 g/mol. The first-order valence-electron chi connectivity index (χ1n) is 5.79. The zero-order valence-electron chi connectivity index (χ0n) is 10.0. The number of carbonyl (C=O) groups excluding carboxylic acids is 1. The molecule has 0 spiro atoms. The molecule has 1 fully saturated rings. The Kier molecular flexibility index (Phi) is 3.88. The Morgan fingerprint density at radius 2 is 2.28 bits per heavy atom. The minimum atomic E-state index is -0.384. The summed E-state index contributed by atoms with van der Waals surface area (Å²) in [4.78, 5) is 13.4. The van der Waals surface area contributed by atoms with E-state index >= 15 is 0 Å². The highest BCUT2D eigenvalue weighted by atomic mass is 35.5. The van der Waals surface area contributed by atoms with E-state index < -0.39 is 0 Å². The van der Waals surface area contributed by atoms with E-state index in [-0.39, 0.29) is 24.3 Å². The van der Waals surface area contributed by atoms with Crippen molar-refractivity contribution in [2.24, 2.45) is 0 Å². The standard InChI is InChI=1S/C14H13ClFNO/c1-2-4-14(18)17(10-7-8-10)9-11-12(15)5-3-6-13(11)16/h3,5-6,10H,7-9H2,1H3. The Hall–Kier alpha value is -1.53. The Balaban J connectivity index is 2.23. The molecule has 94 valence electrons. The van der Waals surface area contributed by atoms with Gasteiger partial charge in [-0.3, -0.25) is 4.79 Å². The molecule has 0 heterocycles. The first kappa shape index (κ1) is 12.9. The number of halogens is 2. The van der Waals surface area contributed by atoms with Crippen LogP contribution < -0.4 is 0 Å². The smallest absolute Gasteiger partial charge is 0.299 e. The van der Waals surface area contributed by atoms with Gasteiger partial charge in [0.1, 0.15) is 5.82 Å². The van der Waals surface area contributed by atoms with E-state index in [0.29, 0.717) is 10.6 Å². The number of hydrogen-bond acceptors (Lipinski definition) is 1. The highest BCUT2D eigenvalue weighted by Gasteiger charge is 2.32. The van der Waals surface area contributed by atoms with E-state index in [9.17, 15) is 9.18 Å². The lowest BCUT2D eigenvalue weighted by Crippen LogP contribution is -2.31. The fourth-order valence-electron chi connectivity index (χ4n) is 1.79. The topological polar surface area (TPSA) is 20.3 Å². The molecule has 0 aromatic heterocycles. The Morgan fingerprint density at radius 1 is 1.56 bits per heavy atom. The van der Waals surface area contributed by atoms with Crippen molar-refractivity contribution >= 4 is 17.5 Å². The van der Waals surface area contributed by atoms with Crippen LogP contribution in [0.3, 0.4) is 0 Å². The third kappa shape index (κ3) is 2.83. The van der Waals surface area contributed by atoms with E-state index in [0.717, 1.165) is 12.8 Å². The Labute approximate surface area is 111 Å². The highest BCUT2D eigenvalue weighted by Crippen LogP contribution is 2.30. The normalized spacial score (nSPS) is 13.7. The molecule has 0 unspecified atom stereocenters. The fraction of sp³-hybridized carbons (Fsp3) is 0.357. The monoisotopic (exact) mass is 265 g/mol. The van der Waals surface area contributed by atoms with Crippen LogP contribution in [0.25, 0.3) is 0 Å². The minimum Gasteiger partial charge on any atom is -0.324 e. The van der Waals surface area contributed by atoms with Crippen LogP contribution in [0, 0.1) is 17.7 Å². The molecular formula is C14H13ClFNO. The van der Waals surface area contributed by atoms with Gasteiger partial charge in [-0.25, -0.2) is 4.39 Å². The molecule has 0 bridgehead atoms. The van der Waals surface area contributed by atoms with Crippen LogP contribution in [0.2, 0.25) is 5.02 Å². The summed E-state index contributed by atoms with van der Waals surface area (Å²) in [5, 5.41) is 0.345. The van der Waals surface area contributed by atoms with Gasteiger partial charge in [0.05, 0.1) is 6.54 Å². The maximum atomic E-state index is 13.7. The van der Waals surface area contributed by atoms with E-state index in [1.807, 2.05) is 0 Å². The predicted octanol–water partition coefficient (Wildman–Crippen LogP) is 2.99. The number of hydrogen-bond donors (Lipinski definition) is 0. The van der Waals surface area contributed by atoms with E-state index in [4.69, 9.17) is 11.6 Å². The van der Waals surface area contributed by atoms with Crippen molar-refractivity contribution in [1.29, 1.82) is 0 Å². The molecule has 4 heteroatoms. The van der Waals surface area contributed by atoms with Crippen molar-refractivity contribution in [1.82, 2.24) is 4.90 Å². The number of carbonyl (C=O) groups is 1. The summed E-state index contributed by atoms with van der Waals surface area (Å²) >= 11 is 5.97. The van der Waals surface area contributed by atoms with Gasteiger partial charge in [0.25, 0.3) is 5.91 Å². The van der Waals surface area contributed by atoms with Gasteiger partial charge in [-0.1, -0.05) is 23.6 Å². The molecule has 1 amide bonds. The number of nitrogens with zero attached hydrogens (tertiary/aromatic N) is 1. The quantitative estimate of drug-likeness (QED) is 0.770. The highest BCUT2D eigenvalue weighted by molar-refractivity contribution is 6.31. The van der Waals surface area contributed by atoms with Gasteiger partial charge in [-0.2, -0.15) is 0 Å². The van der Waals surface area contributed by atoms with Crippen LogP contribution in [-0.4, -0.2) is 16.8 Å². The van der Waals surface area contributed by atoms with Crippen LogP contribution in [0.15, 0.2) is 18.2 Å². The summed E-state index contributed by atoms with van der Waals surface area (Å²) in [5.41, 5.74) is 0.359. The van der Waals surface area contributed by atoms with Gasteiger partial charge in [0, 0.05) is 16.6 Å². The summed E-state index contributed by atoms with van der Waals surface area (Å²) in [6.07, 6.45) is 1.90. The van der Waals surface area contributed by atoms with Gasteiger partial charge in [-0.05, 0) is 37.8 Å². The van der Waals surface area contributed by atoms with Gasteiger partial charge in [0.2, 0.25) is 0 Å². The van der Waals surface area contributed by atoms with E-state index in [2.05, 4.69) is 11.8 Å². The molecule has 1 aliphatic rings. The first-order valence-corrected chi connectivity index (χ1v) is 6.17. The zero-order chi connectivity index (χ0) is 13.1. The summed E-state index contributed by atoms with van der Waals surface area (Å²) in [5.74, 6) is 4.43. The van der Waals surface area contributed by atoms with Gasteiger partial charge >= 0.3 is 0 Å².